The van der Waals surface area contributed by atoms with E-state index in [1.165, 1.54) is 0 Å². The molecule has 0 fully saturated rings. The number of hydrogen-bond donors (Lipinski definition) is 1. The van der Waals surface area contributed by atoms with Crippen LogP contribution in [0.15, 0.2) is 35.1 Å². The molecule has 2 aliphatic rings. The quantitative estimate of drug-likeness (QED) is 0.701. The van der Waals surface area contributed by atoms with Crippen LogP contribution in [0.2, 0.25) is 0 Å². The van der Waals surface area contributed by atoms with E-state index >= 15 is 0 Å². The van der Waals surface area contributed by atoms with Gasteiger partial charge in [0.15, 0.2) is 0 Å². The largest absolute Gasteiger partial charge is 0.423 e. The Bertz CT molecular complexity index is 374. The molecule has 2 rings (SSSR count). The maximum Gasteiger partial charge on any atom is 0.343 e. The molecular formula is C12H14O3. The highest BCUT2D eigenvalue weighted by molar-refractivity contribution is 5.97. The van der Waals surface area contributed by atoms with E-state index in [1.807, 2.05) is 13.0 Å². The lowest BCUT2D eigenvalue weighted by Gasteiger charge is -2.07. The highest BCUT2D eigenvalue weighted by Gasteiger charge is 2.29. The topological polar surface area (TPSA) is 46.5 Å². The van der Waals surface area contributed by atoms with E-state index in [2.05, 4.69) is 0 Å². The summed E-state index contributed by atoms with van der Waals surface area (Å²) in [7, 11) is 0. The summed E-state index contributed by atoms with van der Waals surface area (Å²) in [5, 5.41) is 9.49. The zero-order chi connectivity index (χ0) is 10.8. The summed E-state index contributed by atoms with van der Waals surface area (Å²) in [5.41, 5.74) is 1.59. The van der Waals surface area contributed by atoms with Gasteiger partial charge in [-0.2, -0.15) is 0 Å². The molecule has 1 heterocycles. The molecular weight excluding hydrogens is 192 g/mol. The number of rotatable bonds is 2. The second kappa shape index (κ2) is 4.03. The van der Waals surface area contributed by atoms with Crippen LogP contribution in [0.5, 0.6) is 0 Å². The van der Waals surface area contributed by atoms with Crippen molar-refractivity contribution in [2.75, 3.05) is 0 Å². The number of carbonyl (C=O) groups is 1. The van der Waals surface area contributed by atoms with E-state index in [0.29, 0.717) is 17.8 Å². The van der Waals surface area contributed by atoms with Crippen molar-refractivity contribution in [2.45, 2.75) is 32.3 Å². The van der Waals surface area contributed by atoms with Crippen LogP contribution in [-0.4, -0.2) is 17.2 Å². The van der Waals surface area contributed by atoms with Crippen molar-refractivity contribution >= 4 is 5.97 Å². The van der Waals surface area contributed by atoms with E-state index < -0.39 is 6.10 Å². The summed E-state index contributed by atoms with van der Waals surface area (Å²) in [4.78, 5) is 11.4. The fourth-order valence-corrected chi connectivity index (χ4v) is 1.75. The molecule has 1 atom stereocenters. The second-order valence-corrected chi connectivity index (χ2v) is 3.73. The van der Waals surface area contributed by atoms with Gasteiger partial charge >= 0.3 is 5.97 Å². The van der Waals surface area contributed by atoms with Crippen LogP contribution in [0.4, 0.5) is 0 Å². The predicted octanol–water partition coefficient (Wildman–Crippen LogP) is 1.84. The van der Waals surface area contributed by atoms with Crippen molar-refractivity contribution < 1.29 is 14.6 Å². The van der Waals surface area contributed by atoms with Gasteiger partial charge in [0.1, 0.15) is 5.76 Å². The molecule has 0 saturated heterocycles. The summed E-state index contributed by atoms with van der Waals surface area (Å²) in [6, 6.07) is 0. The first-order chi connectivity index (χ1) is 7.22. The molecule has 1 aliphatic heterocycles. The van der Waals surface area contributed by atoms with Crippen LogP contribution in [0.25, 0.3) is 0 Å². The fraction of sp³-hybridized carbons (Fsp3) is 0.417. The monoisotopic (exact) mass is 206 g/mol. The highest BCUT2D eigenvalue weighted by atomic mass is 16.5. The summed E-state index contributed by atoms with van der Waals surface area (Å²) in [5.74, 6) is 0.254. The van der Waals surface area contributed by atoms with Crippen molar-refractivity contribution in [2.24, 2.45) is 0 Å². The molecule has 0 bridgehead atoms. The zero-order valence-corrected chi connectivity index (χ0v) is 8.69. The summed E-state index contributed by atoms with van der Waals surface area (Å²) >= 11 is 0. The zero-order valence-electron chi connectivity index (χ0n) is 8.69. The molecule has 80 valence electrons. The second-order valence-electron chi connectivity index (χ2n) is 3.73. The van der Waals surface area contributed by atoms with Crippen molar-refractivity contribution in [1.29, 1.82) is 0 Å². The minimum atomic E-state index is -0.537. The number of aliphatic hydroxyl groups is 1. The normalized spacial score (nSPS) is 24.4. The average molecular weight is 206 g/mol. The van der Waals surface area contributed by atoms with Crippen LogP contribution in [0.3, 0.4) is 0 Å². The number of cyclic esters (lactones) is 1. The van der Waals surface area contributed by atoms with Crippen LogP contribution in [-0.2, 0) is 9.53 Å². The molecule has 3 nitrogen and oxygen atoms in total. The van der Waals surface area contributed by atoms with E-state index in [9.17, 15) is 9.90 Å². The molecule has 0 aromatic heterocycles. The molecule has 0 saturated carbocycles. The molecule has 0 radical (unpaired) electrons. The van der Waals surface area contributed by atoms with Gasteiger partial charge in [-0.25, -0.2) is 4.79 Å². The first-order valence-electron chi connectivity index (χ1n) is 5.24. The summed E-state index contributed by atoms with van der Waals surface area (Å²) in [6.07, 6.45) is 7.23. The van der Waals surface area contributed by atoms with Crippen LogP contribution in [0, 0.1) is 0 Å². The third-order valence-corrected chi connectivity index (χ3v) is 2.65. The number of aliphatic hydroxyl groups excluding tert-OH is 1. The lowest BCUT2D eigenvalue weighted by atomic mass is 9.97. The molecule has 1 N–H and O–H groups in total. The van der Waals surface area contributed by atoms with Gasteiger partial charge in [-0.15, -0.1) is 0 Å². The number of carbonyl (C=O) groups excluding carboxylic acids is 1. The van der Waals surface area contributed by atoms with E-state index in [1.54, 1.807) is 12.2 Å². The maximum absolute atomic E-state index is 11.4. The Morgan fingerprint density at radius 2 is 2.47 bits per heavy atom. The van der Waals surface area contributed by atoms with Crippen LogP contribution < -0.4 is 0 Å². The van der Waals surface area contributed by atoms with Gasteiger partial charge in [-0.05, 0) is 25.3 Å². The minimum Gasteiger partial charge on any atom is -0.423 e. The minimum absolute atomic E-state index is 0.296. The Hall–Kier alpha value is -1.35. The predicted molar refractivity (Wildman–Crippen MR) is 55.9 cm³/mol. The SMILES string of the molecule is CC[C@@H](O)/C=C1/OC(=O)C2=C1CCC=C2. The van der Waals surface area contributed by atoms with Gasteiger partial charge in [-0.3, -0.25) is 0 Å². The molecule has 0 aromatic carbocycles. The fourth-order valence-electron chi connectivity index (χ4n) is 1.75. The summed E-state index contributed by atoms with van der Waals surface area (Å²) in [6.45, 7) is 1.88. The van der Waals surface area contributed by atoms with Gasteiger partial charge < -0.3 is 9.84 Å². The number of esters is 1. The van der Waals surface area contributed by atoms with E-state index in [-0.39, 0.29) is 5.97 Å². The maximum atomic E-state index is 11.4. The van der Waals surface area contributed by atoms with Gasteiger partial charge in [0.05, 0.1) is 11.7 Å². The smallest absolute Gasteiger partial charge is 0.343 e. The van der Waals surface area contributed by atoms with Crippen molar-refractivity contribution in [3.8, 4) is 0 Å². The number of allylic oxidation sites excluding steroid dienone is 2. The van der Waals surface area contributed by atoms with Gasteiger partial charge in [0.2, 0.25) is 0 Å². The Morgan fingerprint density at radius 1 is 1.67 bits per heavy atom. The number of hydrogen-bond acceptors (Lipinski definition) is 3. The average Bonchev–Trinajstić information content (AvgIpc) is 2.57. The number of ether oxygens (including phenoxy) is 1. The van der Waals surface area contributed by atoms with Crippen molar-refractivity contribution in [1.82, 2.24) is 0 Å². The lowest BCUT2D eigenvalue weighted by molar-refractivity contribution is -0.132. The molecule has 0 aromatic rings. The van der Waals surface area contributed by atoms with Crippen molar-refractivity contribution in [3.63, 3.8) is 0 Å². The van der Waals surface area contributed by atoms with Gasteiger partial charge in [0.25, 0.3) is 0 Å². The highest BCUT2D eigenvalue weighted by Crippen LogP contribution is 2.33. The molecule has 1 aliphatic carbocycles. The molecule has 0 spiro atoms. The van der Waals surface area contributed by atoms with E-state index in [4.69, 9.17) is 4.74 Å². The Balaban J connectivity index is 2.30. The molecule has 15 heavy (non-hydrogen) atoms. The van der Waals surface area contributed by atoms with Gasteiger partial charge in [-0.1, -0.05) is 19.1 Å². The molecule has 3 heteroatoms. The molecule has 0 amide bonds. The first-order valence-corrected chi connectivity index (χ1v) is 5.24. The standard InChI is InChI=1S/C12H14O3/c1-2-8(13)7-11-9-5-3-4-6-10(9)12(14)15-11/h4,6-8,13H,2-3,5H2,1H3/b11-7+/t8-/m1/s1. The Kier molecular flexibility index (Phi) is 2.73. The van der Waals surface area contributed by atoms with Crippen molar-refractivity contribution in [3.05, 3.63) is 35.1 Å². The van der Waals surface area contributed by atoms with Gasteiger partial charge in [0, 0.05) is 5.57 Å². The Morgan fingerprint density at radius 3 is 3.20 bits per heavy atom. The lowest BCUT2D eigenvalue weighted by Crippen LogP contribution is -2.02. The van der Waals surface area contributed by atoms with E-state index in [0.717, 1.165) is 18.4 Å². The molecule has 0 unspecified atom stereocenters. The first kappa shape index (κ1) is 10.2. The third-order valence-electron chi connectivity index (χ3n) is 2.65. The summed E-state index contributed by atoms with van der Waals surface area (Å²) < 4.78 is 5.12. The Labute approximate surface area is 88.7 Å². The van der Waals surface area contributed by atoms with Crippen LogP contribution in [0.1, 0.15) is 26.2 Å². The van der Waals surface area contributed by atoms with Crippen LogP contribution >= 0.6 is 0 Å². The third kappa shape index (κ3) is 1.88.